The zero-order valence-electron chi connectivity index (χ0n) is 18.8. The summed E-state index contributed by atoms with van der Waals surface area (Å²) in [6.07, 6.45) is 5.36. The van der Waals surface area contributed by atoms with Crippen LogP contribution in [-0.4, -0.2) is 30.1 Å². The second-order valence-electron chi connectivity index (χ2n) is 8.21. The van der Waals surface area contributed by atoms with Crippen molar-refractivity contribution in [3.05, 3.63) is 112 Å². The summed E-state index contributed by atoms with van der Waals surface area (Å²) in [5, 5.41) is 10.8. The minimum Gasteiger partial charge on any atom is -0.459 e. The molecular formula is C28H26N2O4. The van der Waals surface area contributed by atoms with Gasteiger partial charge in [-0.3, -0.25) is 10.1 Å². The summed E-state index contributed by atoms with van der Waals surface area (Å²) in [4.78, 5) is 25.1. The van der Waals surface area contributed by atoms with E-state index in [0.717, 1.165) is 48.3 Å². The number of non-ortho nitro benzene ring substituents is 1. The number of ether oxygens (including phenoxy) is 1. The van der Waals surface area contributed by atoms with Gasteiger partial charge in [0.25, 0.3) is 5.69 Å². The van der Waals surface area contributed by atoms with Gasteiger partial charge in [0.1, 0.15) is 6.10 Å². The van der Waals surface area contributed by atoms with E-state index in [9.17, 15) is 14.9 Å². The Balaban J connectivity index is 1.28. The standard InChI is InChI=1S/C28H26N2O4/c1-21(24-5-3-2-4-6-24)28(31)34-27-17-19-29(20-18-27)25-13-9-22(10-14-25)7-8-23-11-15-26(16-12-23)30(32)33/h2-16,27H,1,17-20H2. The summed E-state index contributed by atoms with van der Waals surface area (Å²) in [6.45, 7) is 5.52. The number of carbonyl (C=O) groups excluding carboxylic acids is 1. The van der Waals surface area contributed by atoms with E-state index in [2.05, 4.69) is 23.6 Å². The summed E-state index contributed by atoms with van der Waals surface area (Å²) >= 11 is 0. The Labute approximate surface area is 198 Å². The van der Waals surface area contributed by atoms with Crippen LogP contribution in [-0.2, 0) is 9.53 Å². The van der Waals surface area contributed by atoms with Crippen LogP contribution in [0.25, 0.3) is 17.7 Å². The summed E-state index contributed by atoms with van der Waals surface area (Å²) in [7, 11) is 0. The second kappa shape index (κ2) is 10.6. The molecule has 0 aliphatic carbocycles. The van der Waals surface area contributed by atoms with E-state index < -0.39 is 4.92 Å². The van der Waals surface area contributed by atoms with Gasteiger partial charge >= 0.3 is 5.97 Å². The van der Waals surface area contributed by atoms with Gasteiger partial charge in [0.05, 0.1) is 10.5 Å². The highest BCUT2D eigenvalue weighted by molar-refractivity contribution is 6.15. The number of hydrogen-bond donors (Lipinski definition) is 0. The van der Waals surface area contributed by atoms with E-state index in [1.807, 2.05) is 54.6 Å². The first kappa shape index (κ1) is 23.0. The minimum atomic E-state index is -0.402. The first-order valence-electron chi connectivity index (χ1n) is 11.2. The third-order valence-corrected chi connectivity index (χ3v) is 5.91. The van der Waals surface area contributed by atoms with Crippen LogP contribution in [0.1, 0.15) is 29.5 Å². The number of hydrogen-bond acceptors (Lipinski definition) is 5. The molecule has 0 amide bonds. The number of nitro groups is 1. The highest BCUT2D eigenvalue weighted by Gasteiger charge is 2.23. The number of anilines is 1. The van der Waals surface area contributed by atoms with Crippen molar-refractivity contribution in [3.8, 4) is 0 Å². The number of benzene rings is 3. The normalized spacial score (nSPS) is 14.2. The first-order chi connectivity index (χ1) is 16.5. The number of rotatable bonds is 7. The molecule has 4 rings (SSSR count). The van der Waals surface area contributed by atoms with Crippen LogP contribution in [0.5, 0.6) is 0 Å². The number of nitro benzene ring substituents is 1. The van der Waals surface area contributed by atoms with Crippen molar-refractivity contribution in [1.29, 1.82) is 0 Å². The minimum absolute atomic E-state index is 0.0844. The average Bonchev–Trinajstić information content (AvgIpc) is 2.88. The van der Waals surface area contributed by atoms with Gasteiger partial charge in [-0.05, 0) is 41.0 Å². The average molecular weight is 455 g/mol. The Hall–Kier alpha value is -4.19. The number of esters is 1. The van der Waals surface area contributed by atoms with E-state index in [1.165, 1.54) is 12.1 Å². The molecule has 1 aliphatic heterocycles. The predicted molar refractivity (Wildman–Crippen MR) is 135 cm³/mol. The van der Waals surface area contributed by atoms with E-state index in [1.54, 1.807) is 12.1 Å². The van der Waals surface area contributed by atoms with Gasteiger partial charge in [0.2, 0.25) is 0 Å². The first-order valence-corrected chi connectivity index (χ1v) is 11.2. The van der Waals surface area contributed by atoms with Gasteiger partial charge in [-0.1, -0.05) is 61.2 Å². The SMILES string of the molecule is C=C(C(=O)OC1CCN(c2ccc(C=Cc3ccc([N+](=O)[O-])cc3)cc2)CC1)c1ccccc1. The zero-order valence-corrected chi connectivity index (χ0v) is 18.8. The molecular weight excluding hydrogens is 428 g/mol. The summed E-state index contributed by atoms with van der Waals surface area (Å²) in [5.41, 5.74) is 4.34. The molecule has 0 N–H and O–H groups in total. The molecule has 1 heterocycles. The maximum Gasteiger partial charge on any atom is 0.338 e. The highest BCUT2D eigenvalue weighted by Crippen LogP contribution is 2.24. The molecule has 0 radical (unpaired) electrons. The molecule has 0 bridgehead atoms. The van der Waals surface area contributed by atoms with Gasteiger partial charge in [-0.15, -0.1) is 0 Å². The number of nitrogens with zero attached hydrogens (tertiary/aromatic N) is 2. The quantitative estimate of drug-likeness (QED) is 0.144. The molecule has 0 atom stereocenters. The van der Waals surface area contributed by atoms with E-state index >= 15 is 0 Å². The lowest BCUT2D eigenvalue weighted by atomic mass is 10.0. The fraction of sp³-hybridized carbons (Fsp3) is 0.179. The molecule has 1 aliphatic rings. The van der Waals surface area contributed by atoms with Crippen molar-refractivity contribution in [2.75, 3.05) is 18.0 Å². The number of carbonyl (C=O) groups is 1. The molecule has 1 saturated heterocycles. The fourth-order valence-electron chi connectivity index (χ4n) is 3.91. The Morgan fingerprint density at radius 1 is 0.912 bits per heavy atom. The highest BCUT2D eigenvalue weighted by atomic mass is 16.6. The number of piperidine rings is 1. The molecule has 34 heavy (non-hydrogen) atoms. The zero-order chi connectivity index (χ0) is 23.9. The van der Waals surface area contributed by atoms with Gasteiger partial charge in [-0.25, -0.2) is 4.79 Å². The molecule has 172 valence electrons. The summed E-state index contributed by atoms with van der Waals surface area (Å²) in [5.74, 6) is -0.353. The maximum absolute atomic E-state index is 12.4. The lowest BCUT2D eigenvalue weighted by Crippen LogP contribution is -2.37. The Bertz CT molecular complexity index is 1180. The van der Waals surface area contributed by atoms with E-state index in [0.29, 0.717) is 5.57 Å². The van der Waals surface area contributed by atoms with Gasteiger partial charge in [-0.2, -0.15) is 0 Å². The Morgan fingerprint density at radius 2 is 1.47 bits per heavy atom. The lowest BCUT2D eigenvalue weighted by molar-refractivity contribution is -0.384. The van der Waals surface area contributed by atoms with Gasteiger partial charge in [0, 0.05) is 43.8 Å². The third-order valence-electron chi connectivity index (χ3n) is 5.91. The Kier molecular flexibility index (Phi) is 7.18. The predicted octanol–water partition coefficient (Wildman–Crippen LogP) is 5.99. The van der Waals surface area contributed by atoms with Crippen molar-refractivity contribution >= 4 is 35.1 Å². The topological polar surface area (TPSA) is 72.7 Å². The van der Waals surface area contributed by atoms with Crippen LogP contribution < -0.4 is 4.90 Å². The van der Waals surface area contributed by atoms with Crippen molar-refractivity contribution in [1.82, 2.24) is 0 Å². The van der Waals surface area contributed by atoms with Crippen LogP contribution in [0.2, 0.25) is 0 Å². The van der Waals surface area contributed by atoms with Crippen molar-refractivity contribution in [3.63, 3.8) is 0 Å². The monoisotopic (exact) mass is 454 g/mol. The van der Waals surface area contributed by atoms with Crippen LogP contribution in [0.4, 0.5) is 11.4 Å². The molecule has 0 aromatic heterocycles. The molecule has 6 heteroatoms. The molecule has 6 nitrogen and oxygen atoms in total. The van der Waals surface area contributed by atoms with E-state index in [4.69, 9.17) is 4.74 Å². The maximum atomic E-state index is 12.4. The lowest BCUT2D eigenvalue weighted by Gasteiger charge is -2.33. The van der Waals surface area contributed by atoms with Gasteiger partial charge in [0.15, 0.2) is 0 Å². The molecule has 1 fully saturated rings. The van der Waals surface area contributed by atoms with E-state index in [-0.39, 0.29) is 17.8 Å². The Morgan fingerprint density at radius 3 is 2.03 bits per heavy atom. The summed E-state index contributed by atoms with van der Waals surface area (Å²) in [6, 6.07) is 24.1. The van der Waals surface area contributed by atoms with Crippen LogP contribution in [0.3, 0.4) is 0 Å². The van der Waals surface area contributed by atoms with Crippen molar-refractivity contribution < 1.29 is 14.5 Å². The third kappa shape index (κ3) is 5.78. The van der Waals surface area contributed by atoms with Crippen LogP contribution >= 0.6 is 0 Å². The largest absolute Gasteiger partial charge is 0.459 e. The molecule has 0 spiro atoms. The van der Waals surface area contributed by atoms with Crippen LogP contribution in [0.15, 0.2) is 85.4 Å². The molecule has 0 unspecified atom stereocenters. The van der Waals surface area contributed by atoms with Crippen LogP contribution in [0, 0.1) is 10.1 Å². The van der Waals surface area contributed by atoms with Crippen molar-refractivity contribution in [2.45, 2.75) is 18.9 Å². The summed E-state index contributed by atoms with van der Waals surface area (Å²) < 4.78 is 5.69. The smallest absolute Gasteiger partial charge is 0.338 e. The second-order valence-corrected chi connectivity index (χ2v) is 8.21. The molecule has 0 saturated carbocycles. The molecule has 3 aromatic rings. The van der Waals surface area contributed by atoms with Gasteiger partial charge < -0.3 is 9.64 Å². The van der Waals surface area contributed by atoms with Crippen molar-refractivity contribution in [2.24, 2.45) is 0 Å². The molecule has 3 aromatic carbocycles. The fourth-order valence-corrected chi connectivity index (χ4v) is 3.91.